The van der Waals surface area contributed by atoms with Crippen LogP contribution in [0, 0.1) is 11.8 Å². The van der Waals surface area contributed by atoms with Gasteiger partial charge in [-0.25, -0.2) is 0 Å². The number of hydrogen-bond donors (Lipinski definition) is 2. The molecule has 1 saturated carbocycles. The number of hydrogen-bond acceptors (Lipinski definition) is 3. The highest BCUT2D eigenvalue weighted by molar-refractivity contribution is 6.06. The number of phenolic OH excluding ortho intramolecular Hbond substituents is 1. The van der Waals surface area contributed by atoms with Gasteiger partial charge >= 0.3 is 5.97 Å². The number of benzene rings is 2. The van der Waals surface area contributed by atoms with E-state index in [0.717, 1.165) is 18.2 Å². The summed E-state index contributed by atoms with van der Waals surface area (Å²) >= 11 is 0. The Kier molecular flexibility index (Phi) is 3.84. The predicted octanol–water partition coefficient (Wildman–Crippen LogP) is 3.62. The number of aliphatic carboxylic acids is 1. The highest BCUT2D eigenvalue weighted by Gasteiger charge is 2.36. The van der Waals surface area contributed by atoms with Gasteiger partial charge in [0.2, 0.25) is 0 Å². The van der Waals surface area contributed by atoms with Gasteiger partial charge in [0, 0.05) is 11.3 Å². The van der Waals surface area contributed by atoms with E-state index in [1.54, 1.807) is 24.3 Å². The van der Waals surface area contributed by atoms with Crippen LogP contribution in [0.2, 0.25) is 0 Å². The minimum atomic E-state index is -0.918. The molecule has 2 aromatic carbocycles. The van der Waals surface area contributed by atoms with Crippen LogP contribution >= 0.6 is 0 Å². The monoisotopic (exact) mass is 298 g/mol. The minimum absolute atomic E-state index is 0.0437. The first-order chi connectivity index (χ1) is 10.6. The van der Waals surface area contributed by atoms with Crippen LogP contribution in [0.3, 0.4) is 0 Å². The summed E-state index contributed by atoms with van der Waals surface area (Å²) in [7, 11) is 0. The summed E-state index contributed by atoms with van der Waals surface area (Å²) in [6.45, 7) is 0. The van der Waals surface area contributed by atoms with Crippen LogP contribution in [0.1, 0.15) is 36.0 Å². The Labute approximate surface area is 128 Å². The van der Waals surface area contributed by atoms with Crippen molar-refractivity contribution in [3.63, 3.8) is 0 Å². The Hall–Kier alpha value is -2.36. The summed E-state index contributed by atoms with van der Waals surface area (Å²) in [5.41, 5.74) is 0.233. The molecule has 1 aliphatic rings. The molecule has 22 heavy (non-hydrogen) atoms. The molecule has 0 spiro atoms. The SMILES string of the molecule is O=C(c1ccc2ccccc2c1O)[C@H]1CCCC[C@H]1C(=O)O. The lowest BCUT2D eigenvalue weighted by atomic mass is 9.75. The van der Waals surface area contributed by atoms with Crippen LogP contribution in [0.5, 0.6) is 5.75 Å². The highest BCUT2D eigenvalue weighted by atomic mass is 16.4. The van der Waals surface area contributed by atoms with E-state index in [4.69, 9.17) is 0 Å². The molecule has 0 radical (unpaired) electrons. The molecule has 4 nitrogen and oxygen atoms in total. The number of carbonyl (C=O) groups is 2. The van der Waals surface area contributed by atoms with Crippen molar-refractivity contribution in [3.05, 3.63) is 42.0 Å². The zero-order valence-electron chi connectivity index (χ0n) is 12.2. The molecular formula is C18H18O4. The van der Waals surface area contributed by atoms with Crippen LogP contribution in [0.4, 0.5) is 0 Å². The first-order valence-electron chi connectivity index (χ1n) is 7.57. The maximum atomic E-state index is 12.8. The quantitative estimate of drug-likeness (QED) is 0.849. The zero-order valence-corrected chi connectivity index (χ0v) is 12.2. The lowest BCUT2D eigenvalue weighted by Crippen LogP contribution is -2.32. The standard InChI is InChI=1S/C18H18O4/c19-16-12-6-2-1-5-11(12)9-10-15(16)17(20)13-7-3-4-8-14(13)18(21)22/h1-2,5-6,9-10,13-14,19H,3-4,7-8H2,(H,21,22)/t13-,14+/m0/s1. The fourth-order valence-electron chi connectivity index (χ4n) is 3.39. The number of aromatic hydroxyl groups is 1. The van der Waals surface area contributed by atoms with Gasteiger partial charge in [-0.2, -0.15) is 0 Å². The number of fused-ring (bicyclic) bond motifs is 1. The molecule has 2 atom stereocenters. The van der Waals surface area contributed by atoms with E-state index in [2.05, 4.69) is 0 Å². The van der Waals surface area contributed by atoms with Gasteiger partial charge in [0.05, 0.1) is 11.5 Å². The van der Waals surface area contributed by atoms with E-state index in [0.29, 0.717) is 18.2 Å². The van der Waals surface area contributed by atoms with E-state index < -0.39 is 17.8 Å². The number of Topliss-reactive ketones (excluding diaryl/α,β-unsaturated/α-hetero) is 1. The second-order valence-corrected chi connectivity index (χ2v) is 5.88. The lowest BCUT2D eigenvalue weighted by Gasteiger charge is -2.27. The van der Waals surface area contributed by atoms with Crippen LogP contribution in [-0.2, 0) is 4.79 Å². The van der Waals surface area contributed by atoms with E-state index in [9.17, 15) is 19.8 Å². The summed E-state index contributed by atoms with van der Waals surface area (Å²) in [4.78, 5) is 24.1. The highest BCUT2D eigenvalue weighted by Crippen LogP contribution is 2.36. The van der Waals surface area contributed by atoms with E-state index in [1.807, 2.05) is 12.1 Å². The van der Waals surface area contributed by atoms with Crippen molar-refractivity contribution in [1.82, 2.24) is 0 Å². The molecule has 2 aromatic rings. The Bertz CT molecular complexity index is 735. The molecule has 0 saturated heterocycles. The largest absolute Gasteiger partial charge is 0.507 e. The minimum Gasteiger partial charge on any atom is -0.507 e. The Morgan fingerprint density at radius 3 is 2.36 bits per heavy atom. The second kappa shape index (κ2) is 5.79. The molecule has 2 N–H and O–H groups in total. The van der Waals surface area contributed by atoms with Gasteiger partial charge in [-0.1, -0.05) is 43.2 Å². The van der Waals surface area contributed by atoms with Gasteiger partial charge in [-0.3, -0.25) is 9.59 Å². The first kappa shape index (κ1) is 14.6. The summed E-state index contributed by atoms with van der Waals surface area (Å²) < 4.78 is 0. The maximum Gasteiger partial charge on any atom is 0.307 e. The normalized spacial score (nSPS) is 21.6. The molecular weight excluding hydrogens is 280 g/mol. The van der Waals surface area contributed by atoms with Crippen molar-refractivity contribution >= 4 is 22.5 Å². The van der Waals surface area contributed by atoms with Gasteiger partial charge in [0.1, 0.15) is 5.75 Å². The third-order valence-electron chi connectivity index (χ3n) is 4.59. The van der Waals surface area contributed by atoms with Crippen LogP contribution < -0.4 is 0 Å². The van der Waals surface area contributed by atoms with Gasteiger partial charge in [0.25, 0.3) is 0 Å². The third-order valence-corrected chi connectivity index (χ3v) is 4.59. The van der Waals surface area contributed by atoms with Crippen LogP contribution in [0.15, 0.2) is 36.4 Å². The molecule has 4 heteroatoms. The topological polar surface area (TPSA) is 74.6 Å². The molecule has 0 unspecified atom stereocenters. The Morgan fingerprint density at radius 2 is 1.64 bits per heavy atom. The molecule has 0 bridgehead atoms. The average molecular weight is 298 g/mol. The van der Waals surface area contributed by atoms with E-state index >= 15 is 0 Å². The van der Waals surface area contributed by atoms with Crippen LogP contribution in [-0.4, -0.2) is 22.0 Å². The summed E-state index contributed by atoms with van der Waals surface area (Å²) in [6, 6.07) is 10.7. The maximum absolute atomic E-state index is 12.8. The van der Waals surface area contributed by atoms with Crippen molar-refractivity contribution in [1.29, 1.82) is 0 Å². The number of phenols is 1. The number of carbonyl (C=O) groups excluding carboxylic acids is 1. The van der Waals surface area contributed by atoms with E-state index in [1.165, 1.54) is 0 Å². The molecule has 0 amide bonds. The summed E-state index contributed by atoms with van der Waals surface area (Å²) in [5.74, 6) is -2.41. The van der Waals surface area contributed by atoms with Crippen LogP contribution in [0.25, 0.3) is 10.8 Å². The smallest absolute Gasteiger partial charge is 0.307 e. The number of ketones is 1. The number of rotatable bonds is 3. The zero-order chi connectivity index (χ0) is 15.7. The molecule has 1 aliphatic carbocycles. The Balaban J connectivity index is 2.01. The van der Waals surface area contributed by atoms with Crippen molar-refractivity contribution in [2.45, 2.75) is 25.7 Å². The molecule has 1 fully saturated rings. The average Bonchev–Trinajstić information content (AvgIpc) is 2.55. The first-order valence-corrected chi connectivity index (χ1v) is 7.57. The number of carboxylic acids is 1. The van der Waals surface area contributed by atoms with Gasteiger partial charge in [-0.05, 0) is 24.3 Å². The van der Waals surface area contributed by atoms with Crippen molar-refractivity contribution < 1.29 is 19.8 Å². The van der Waals surface area contributed by atoms with Gasteiger partial charge in [0.15, 0.2) is 5.78 Å². The fourth-order valence-corrected chi connectivity index (χ4v) is 3.39. The molecule has 3 rings (SSSR count). The van der Waals surface area contributed by atoms with Crippen molar-refractivity contribution in [2.75, 3.05) is 0 Å². The van der Waals surface area contributed by atoms with E-state index in [-0.39, 0.29) is 17.1 Å². The van der Waals surface area contributed by atoms with Gasteiger partial charge in [-0.15, -0.1) is 0 Å². The summed E-state index contributed by atoms with van der Waals surface area (Å²) in [6.07, 6.45) is 2.79. The van der Waals surface area contributed by atoms with Crippen molar-refractivity contribution in [2.24, 2.45) is 11.8 Å². The Morgan fingerprint density at radius 1 is 0.955 bits per heavy atom. The second-order valence-electron chi connectivity index (χ2n) is 5.88. The molecule has 0 aliphatic heterocycles. The predicted molar refractivity (Wildman–Crippen MR) is 83.0 cm³/mol. The fraction of sp³-hybridized carbons (Fsp3) is 0.333. The van der Waals surface area contributed by atoms with Crippen molar-refractivity contribution in [3.8, 4) is 5.75 Å². The molecule has 0 heterocycles. The lowest BCUT2D eigenvalue weighted by molar-refractivity contribution is -0.144. The summed E-state index contributed by atoms with van der Waals surface area (Å²) in [5, 5.41) is 21.2. The molecule has 0 aromatic heterocycles. The third kappa shape index (κ3) is 2.45. The number of carboxylic acid groups (broad SMARTS) is 1. The van der Waals surface area contributed by atoms with Gasteiger partial charge < -0.3 is 10.2 Å². The molecule has 114 valence electrons.